The Morgan fingerprint density at radius 3 is 2.45 bits per heavy atom. The van der Waals surface area contributed by atoms with E-state index in [1.807, 2.05) is 0 Å². The minimum Gasteiger partial charge on any atom is -0.355 e. The molecular weight excluding hydrogens is 375 g/mol. The van der Waals surface area contributed by atoms with Crippen molar-refractivity contribution >= 4 is 23.5 Å². The number of halogens is 1. The van der Waals surface area contributed by atoms with E-state index in [-0.39, 0.29) is 23.7 Å². The lowest BCUT2D eigenvalue weighted by atomic mass is 10.1. The number of nitrogens with one attached hydrogen (secondary N) is 3. The molecule has 7 nitrogen and oxygen atoms in total. The topological polar surface area (TPSA) is 90.5 Å². The van der Waals surface area contributed by atoms with E-state index in [1.54, 1.807) is 49.1 Å². The van der Waals surface area contributed by atoms with Crippen LogP contribution in [0.3, 0.4) is 0 Å². The Hall–Kier alpha value is -3.42. The molecule has 4 amide bonds. The predicted molar refractivity (Wildman–Crippen MR) is 107 cm³/mol. The molecule has 3 rings (SSSR count). The predicted octanol–water partition coefficient (Wildman–Crippen LogP) is 2.63. The number of hydrogen-bond acceptors (Lipinski definition) is 3. The molecule has 8 heteroatoms. The third-order valence-corrected chi connectivity index (χ3v) is 4.67. The van der Waals surface area contributed by atoms with Gasteiger partial charge in [-0.15, -0.1) is 0 Å². The summed E-state index contributed by atoms with van der Waals surface area (Å²) in [6.07, 6.45) is 0. The van der Waals surface area contributed by atoms with Crippen LogP contribution in [0, 0.1) is 5.82 Å². The van der Waals surface area contributed by atoms with Gasteiger partial charge in [0.1, 0.15) is 11.9 Å². The van der Waals surface area contributed by atoms with Crippen LogP contribution in [-0.4, -0.2) is 35.3 Å². The van der Waals surface area contributed by atoms with Gasteiger partial charge in [-0.05, 0) is 61.4 Å². The fourth-order valence-electron chi connectivity index (χ4n) is 3.09. The van der Waals surface area contributed by atoms with E-state index in [1.165, 1.54) is 12.1 Å². The van der Waals surface area contributed by atoms with Crippen LogP contribution in [0.2, 0.25) is 0 Å². The van der Waals surface area contributed by atoms with Crippen LogP contribution in [0.1, 0.15) is 35.3 Å². The second kappa shape index (κ2) is 8.72. The summed E-state index contributed by atoms with van der Waals surface area (Å²) >= 11 is 0. The van der Waals surface area contributed by atoms with Gasteiger partial charge < -0.3 is 20.9 Å². The summed E-state index contributed by atoms with van der Waals surface area (Å²) in [7, 11) is 0. The van der Waals surface area contributed by atoms with Gasteiger partial charge in [0.25, 0.3) is 5.91 Å². The molecule has 0 aliphatic carbocycles. The molecule has 1 aliphatic heterocycles. The summed E-state index contributed by atoms with van der Waals surface area (Å²) in [5.41, 5.74) is 2.64. The Morgan fingerprint density at radius 1 is 1.07 bits per heavy atom. The van der Waals surface area contributed by atoms with Gasteiger partial charge in [0.2, 0.25) is 5.91 Å². The molecule has 152 valence electrons. The maximum absolute atomic E-state index is 13.3. The van der Waals surface area contributed by atoms with Crippen molar-refractivity contribution in [1.29, 1.82) is 0 Å². The van der Waals surface area contributed by atoms with E-state index >= 15 is 0 Å². The molecule has 0 saturated heterocycles. The molecule has 1 heterocycles. The van der Waals surface area contributed by atoms with Crippen LogP contribution in [0.5, 0.6) is 0 Å². The van der Waals surface area contributed by atoms with Crippen molar-refractivity contribution in [3.05, 3.63) is 65.0 Å². The van der Waals surface area contributed by atoms with E-state index < -0.39 is 6.04 Å². The summed E-state index contributed by atoms with van der Waals surface area (Å²) in [6.45, 7) is 4.66. The van der Waals surface area contributed by atoms with Gasteiger partial charge in [0.15, 0.2) is 0 Å². The first-order chi connectivity index (χ1) is 13.9. The molecule has 0 bridgehead atoms. The number of amides is 4. The summed E-state index contributed by atoms with van der Waals surface area (Å²) in [6, 6.07) is 9.94. The highest BCUT2D eigenvalue weighted by atomic mass is 19.1. The Bertz CT molecular complexity index is 930. The maximum atomic E-state index is 13.3. The molecule has 0 aromatic heterocycles. The zero-order valence-corrected chi connectivity index (χ0v) is 16.3. The Labute approximate surface area is 168 Å². The number of rotatable bonds is 5. The van der Waals surface area contributed by atoms with Crippen molar-refractivity contribution in [1.82, 2.24) is 15.5 Å². The SMILES string of the molecule is CCNC(=O)C(C)NC(=O)c1ccc(NC(=O)N2Cc3ccc(F)cc3C2)cc1. The normalized spacial score (nSPS) is 13.4. The van der Waals surface area contributed by atoms with E-state index in [2.05, 4.69) is 16.0 Å². The standard InChI is InChI=1S/C21H23FN4O3/c1-3-23-19(27)13(2)24-20(28)14-5-8-18(9-6-14)25-21(29)26-11-15-4-7-17(22)10-16(15)12-26/h4-10,13H,3,11-12H2,1-2H3,(H,23,27)(H,24,28)(H,25,29). The number of benzene rings is 2. The van der Waals surface area contributed by atoms with Crippen LogP contribution in [0.4, 0.5) is 14.9 Å². The van der Waals surface area contributed by atoms with Crippen molar-refractivity contribution in [2.45, 2.75) is 33.0 Å². The Balaban J connectivity index is 1.56. The molecule has 0 spiro atoms. The third kappa shape index (κ3) is 4.90. The molecule has 1 atom stereocenters. The molecule has 0 radical (unpaired) electrons. The number of likely N-dealkylation sites (N-methyl/N-ethyl adjacent to an activating group) is 1. The largest absolute Gasteiger partial charge is 0.355 e. The molecule has 29 heavy (non-hydrogen) atoms. The lowest BCUT2D eigenvalue weighted by Gasteiger charge is -2.17. The third-order valence-electron chi connectivity index (χ3n) is 4.67. The van der Waals surface area contributed by atoms with E-state index in [4.69, 9.17) is 0 Å². The van der Waals surface area contributed by atoms with Gasteiger partial charge in [0, 0.05) is 30.9 Å². The number of carbonyl (C=O) groups is 3. The zero-order chi connectivity index (χ0) is 21.0. The number of nitrogens with zero attached hydrogens (tertiary/aromatic N) is 1. The number of hydrogen-bond donors (Lipinski definition) is 3. The van der Waals surface area contributed by atoms with E-state index in [0.29, 0.717) is 30.9 Å². The van der Waals surface area contributed by atoms with Crippen molar-refractivity contribution in [2.24, 2.45) is 0 Å². The summed E-state index contributed by atoms with van der Waals surface area (Å²) < 4.78 is 13.3. The molecular formula is C21H23FN4O3. The summed E-state index contributed by atoms with van der Waals surface area (Å²) in [4.78, 5) is 38.0. The summed E-state index contributed by atoms with van der Waals surface area (Å²) in [5.74, 6) is -0.948. The quantitative estimate of drug-likeness (QED) is 0.723. The summed E-state index contributed by atoms with van der Waals surface area (Å²) in [5, 5.41) is 8.04. The molecule has 1 unspecified atom stereocenters. The van der Waals surface area contributed by atoms with Gasteiger partial charge in [0.05, 0.1) is 0 Å². The first-order valence-electron chi connectivity index (χ1n) is 9.39. The first kappa shape index (κ1) is 20.3. The van der Waals surface area contributed by atoms with Crippen LogP contribution in [0.25, 0.3) is 0 Å². The average Bonchev–Trinajstić information content (AvgIpc) is 3.12. The molecule has 2 aromatic rings. The average molecular weight is 398 g/mol. The highest BCUT2D eigenvalue weighted by molar-refractivity contribution is 5.98. The Morgan fingerprint density at radius 2 is 1.76 bits per heavy atom. The number of anilines is 1. The molecule has 1 aliphatic rings. The first-order valence-corrected chi connectivity index (χ1v) is 9.39. The van der Waals surface area contributed by atoms with E-state index in [0.717, 1.165) is 11.1 Å². The van der Waals surface area contributed by atoms with Crippen molar-refractivity contribution in [3.63, 3.8) is 0 Å². The zero-order valence-electron chi connectivity index (χ0n) is 16.3. The Kier molecular flexibility index (Phi) is 6.11. The lowest BCUT2D eigenvalue weighted by molar-refractivity contribution is -0.122. The van der Waals surface area contributed by atoms with Gasteiger partial charge in [-0.1, -0.05) is 6.07 Å². The van der Waals surface area contributed by atoms with Gasteiger partial charge >= 0.3 is 6.03 Å². The minimum atomic E-state index is -0.650. The molecule has 0 saturated carbocycles. The van der Waals surface area contributed by atoms with Crippen molar-refractivity contribution in [2.75, 3.05) is 11.9 Å². The maximum Gasteiger partial charge on any atom is 0.322 e. The second-order valence-electron chi connectivity index (χ2n) is 6.87. The highest BCUT2D eigenvalue weighted by Crippen LogP contribution is 2.24. The van der Waals surface area contributed by atoms with Crippen molar-refractivity contribution < 1.29 is 18.8 Å². The minimum absolute atomic E-state index is 0.253. The highest BCUT2D eigenvalue weighted by Gasteiger charge is 2.24. The molecule has 2 aromatic carbocycles. The van der Waals surface area contributed by atoms with Gasteiger partial charge in [-0.2, -0.15) is 0 Å². The number of carbonyl (C=O) groups excluding carboxylic acids is 3. The van der Waals surface area contributed by atoms with Crippen molar-refractivity contribution in [3.8, 4) is 0 Å². The molecule has 3 N–H and O–H groups in total. The van der Waals surface area contributed by atoms with E-state index in [9.17, 15) is 18.8 Å². The molecule has 0 fully saturated rings. The number of urea groups is 1. The van der Waals surface area contributed by atoms with Crippen LogP contribution < -0.4 is 16.0 Å². The van der Waals surface area contributed by atoms with Gasteiger partial charge in [-0.25, -0.2) is 9.18 Å². The smallest absolute Gasteiger partial charge is 0.322 e. The van der Waals surface area contributed by atoms with Crippen LogP contribution in [-0.2, 0) is 17.9 Å². The number of fused-ring (bicyclic) bond motifs is 1. The second-order valence-corrected chi connectivity index (χ2v) is 6.87. The van der Waals surface area contributed by atoms with Crippen LogP contribution in [0.15, 0.2) is 42.5 Å². The van der Waals surface area contributed by atoms with Gasteiger partial charge in [-0.3, -0.25) is 9.59 Å². The monoisotopic (exact) mass is 398 g/mol. The fourth-order valence-corrected chi connectivity index (χ4v) is 3.09. The van der Waals surface area contributed by atoms with Crippen LogP contribution >= 0.6 is 0 Å². The fraction of sp³-hybridized carbons (Fsp3) is 0.286. The lowest BCUT2D eigenvalue weighted by Crippen LogP contribution is -2.44.